The second-order valence-electron chi connectivity index (χ2n) is 4.03. The van der Waals surface area contributed by atoms with Crippen LogP contribution in [-0.2, 0) is 4.79 Å². The smallest absolute Gasteiger partial charge is 0.251 e. The van der Waals surface area contributed by atoms with Crippen molar-refractivity contribution in [2.75, 3.05) is 6.54 Å². The van der Waals surface area contributed by atoms with E-state index >= 15 is 0 Å². The number of carbonyl (C=O) groups excluding carboxylic acids is 2. The zero-order valence-electron chi connectivity index (χ0n) is 10.0. The van der Waals surface area contributed by atoms with Crippen molar-refractivity contribution in [3.63, 3.8) is 0 Å². The molecule has 1 aromatic rings. The Kier molecular flexibility index (Phi) is 4.84. The summed E-state index contributed by atoms with van der Waals surface area (Å²) in [5.74, 6) is -0.923. The molecular formula is C13H17NO3. The number of carbonyl (C=O) groups is 2. The molecule has 0 aliphatic rings. The summed E-state index contributed by atoms with van der Waals surface area (Å²) in [6.07, 6.45) is -0.761. The van der Waals surface area contributed by atoms with Crippen LogP contribution in [0.3, 0.4) is 0 Å². The van der Waals surface area contributed by atoms with Gasteiger partial charge in [-0.15, -0.1) is 0 Å². The van der Waals surface area contributed by atoms with Crippen molar-refractivity contribution in [3.05, 3.63) is 35.9 Å². The van der Waals surface area contributed by atoms with Crippen molar-refractivity contribution in [1.82, 2.24) is 5.32 Å². The van der Waals surface area contributed by atoms with Crippen LogP contribution in [0.1, 0.15) is 24.2 Å². The second-order valence-corrected chi connectivity index (χ2v) is 4.03. The largest absolute Gasteiger partial charge is 0.393 e. The van der Waals surface area contributed by atoms with E-state index in [1.165, 1.54) is 6.92 Å². The molecule has 2 N–H and O–H groups in total. The van der Waals surface area contributed by atoms with Crippen LogP contribution in [0.4, 0.5) is 0 Å². The Bertz CT molecular complexity index is 387. The van der Waals surface area contributed by atoms with E-state index in [2.05, 4.69) is 5.32 Å². The summed E-state index contributed by atoms with van der Waals surface area (Å²) in [7, 11) is 0. The van der Waals surface area contributed by atoms with Crippen molar-refractivity contribution in [2.24, 2.45) is 5.92 Å². The van der Waals surface area contributed by atoms with Gasteiger partial charge in [-0.3, -0.25) is 9.59 Å². The summed E-state index contributed by atoms with van der Waals surface area (Å²) in [6, 6.07) is 8.75. The highest BCUT2D eigenvalue weighted by Gasteiger charge is 2.20. The Morgan fingerprint density at radius 1 is 1.29 bits per heavy atom. The van der Waals surface area contributed by atoms with Gasteiger partial charge in [0.1, 0.15) is 5.78 Å². The molecule has 4 nitrogen and oxygen atoms in total. The number of hydrogen-bond donors (Lipinski definition) is 2. The predicted octanol–water partition coefficient (Wildman–Crippen LogP) is 1.00. The van der Waals surface area contributed by atoms with Crippen LogP contribution in [0.15, 0.2) is 30.3 Å². The normalized spacial score (nSPS) is 13.8. The number of ketones is 1. The molecular weight excluding hydrogens is 218 g/mol. The SMILES string of the molecule is CC(=O)C(CNC(=O)c1ccccc1)C(C)O. The number of amides is 1. The number of rotatable bonds is 5. The molecule has 1 aromatic carbocycles. The summed E-state index contributed by atoms with van der Waals surface area (Å²) in [4.78, 5) is 22.9. The molecule has 17 heavy (non-hydrogen) atoms. The van der Waals surface area contributed by atoms with Gasteiger partial charge in [0.05, 0.1) is 12.0 Å². The van der Waals surface area contributed by atoms with Gasteiger partial charge >= 0.3 is 0 Å². The lowest BCUT2D eigenvalue weighted by Gasteiger charge is -2.17. The summed E-state index contributed by atoms with van der Waals surface area (Å²) in [5, 5.41) is 12.0. The molecule has 0 saturated heterocycles. The first-order valence-electron chi connectivity index (χ1n) is 5.54. The molecule has 2 unspecified atom stereocenters. The van der Waals surface area contributed by atoms with Crippen molar-refractivity contribution >= 4 is 11.7 Å². The molecule has 0 radical (unpaired) electrons. The van der Waals surface area contributed by atoms with Gasteiger partial charge in [0.15, 0.2) is 0 Å². The van der Waals surface area contributed by atoms with E-state index in [0.717, 1.165) is 0 Å². The fourth-order valence-corrected chi connectivity index (χ4v) is 1.55. The van der Waals surface area contributed by atoms with Gasteiger partial charge in [-0.2, -0.15) is 0 Å². The van der Waals surface area contributed by atoms with E-state index < -0.39 is 12.0 Å². The van der Waals surface area contributed by atoms with Gasteiger partial charge in [0, 0.05) is 12.1 Å². The fourth-order valence-electron chi connectivity index (χ4n) is 1.55. The highest BCUT2D eigenvalue weighted by atomic mass is 16.3. The van der Waals surface area contributed by atoms with Crippen molar-refractivity contribution < 1.29 is 14.7 Å². The summed E-state index contributed by atoms with van der Waals surface area (Å²) in [6.45, 7) is 3.10. The highest BCUT2D eigenvalue weighted by molar-refractivity contribution is 5.94. The van der Waals surface area contributed by atoms with Gasteiger partial charge in [-0.1, -0.05) is 18.2 Å². The van der Waals surface area contributed by atoms with E-state index in [-0.39, 0.29) is 18.2 Å². The standard InChI is InChI=1S/C13H17NO3/c1-9(15)12(10(2)16)8-14-13(17)11-6-4-3-5-7-11/h3-7,9,12,15H,8H2,1-2H3,(H,14,17). The van der Waals surface area contributed by atoms with Gasteiger partial charge < -0.3 is 10.4 Å². The van der Waals surface area contributed by atoms with Crippen molar-refractivity contribution in [1.29, 1.82) is 0 Å². The Morgan fingerprint density at radius 2 is 1.88 bits per heavy atom. The van der Waals surface area contributed by atoms with Crippen LogP contribution in [0.5, 0.6) is 0 Å². The number of hydrogen-bond acceptors (Lipinski definition) is 3. The zero-order chi connectivity index (χ0) is 12.8. The average molecular weight is 235 g/mol. The van der Waals surface area contributed by atoms with Crippen LogP contribution >= 0.6 is 0 Å². The maximum atomic E-state index is 11.7. The molecule has 0 bridgehead atoms. The van der Waals surface area contributed by atoms with E-state index in [1.807, 2.05) is 6.07 Å². The average Bonchev–Trinajstić information content (AvgIpc) is 2.29. The molecule has 0 aliphatic carbocycles. The molecule has 0 aliphatic heterocycles. The molecule has 0 aromatic heterocycles. The van der Waals surface area contributed by atoms with Crippen LogP contribution in [0.25, 0.3) is 0 Å². The molecule has 4 heteroatoms. The Labute approximate surface area is 101 Å². The minimum atomic E-state index is -0.761. The zero-order valence-corrected chi connectivity index (χ0v) is 10.0. The molecule has 0 spiro atoms. The topological polar surface area (TPSA) is 66.4 Å². The Morgan fingerprint density at radius 3 is 2.35 bits per heavy atom. The second kappa shape index (κ2) is 6.15. The van der Waals surface area contributed by atoms with Crippen LogP contribution in [0, 0.1) is 5.92 Å². The number of Topliss-reactive ketones (excluding diaryl/α,β-unsaturated/α-hetero) is 1. The van der Waals surface area contributed by atoms with Crippen LogP contribution in [-0.4, -0.2) is 29.4 Å². The maximum Gasteiger partial charge on any atom is 0.251 e. The van der Waals surface area contributed by atoms with E-state index in [9.17, 15) is 14.7 Å². The first-order chi connectivity index (χ1) is 8.02. The number of benzene rings is 1. The van der Waals surface area contributed by atoms with Crippen molar-refractivity contribution in [3.8, 4) is 0 Å². The molecule has 1 rings (SSSR count). The lowest BCUT2D eigenvalue weighted by atomic mass is 9.99. The Balaban J connectivity index is 2.56. The minimum absolute atomic E-state index is 0.131. The Hall–Kier alpha value is -1.68. The highest BCUT2D eigenvalue weighted by Crippen LogP contribution is 2.05. The monoisotopic (exact) mass is 235 g/mol. The molecule has 1 amide bonds. The van der Waals surface area contributed by atoms with E-state index in [1.54, 1.807) is 31.2 Å². The fraction of sp³-hybridized carbons (Fsp3) is 0.385. The quantitative estimate of drug-likeness (QED) is 0.800. The third kappa shape index (κ3) is 4.00. The van der Waals surface area contributed by atoms with E-state index in [4.69, 9.17) is 0 Å². The first kappa shape index (κ1) is 13.4. The van der Waals surface area contributed by atoms with Crippen molar-refractivity contribution in [2.45, 2.75) is 20.0 Å². The van der Waals surface area contributed by atoms with Gasteiger partial charge in [0.2, 0.25) is 0 Å². The van der Waals surface area contributed by atoms with Gasteiger partial charge in [-0.05, 0) is 26.0 Å². The van der Waals surface area contributed by atoms with E-state index in [0.29, 0.717) is 5.56 Å². The third-order valence-electron chi connectivity index (χ3n) is 2.62. The number of aliphatic hydroxyl groups is 1. The predicted molar refractivity (Wildman–Crippen MR) is 64.6 cm³/mol. The number of aliphatic hydroxyl groups excluding tert-OH is 1. The summed E-state index contributed by atoms with van der Waals surface area (Å²) >= 11 is 0. The lowest BCUT2D eigenvalue weighted by molar-refractivity contribution is -0.123. The van der Waals surface area contributed by atoms with Gasteiger partial charge in [0.25, 0.3) is 5.91 Å². The molecule has 0 fully saturated rings. The molecule has 0 saturated carbocycles. The lowest BCUT2D eigenvalue weighted by Crippen LogP contribution is -2.37. The minimum Gasteiger partial charge on any atom is -0.393 e. The maximum absolute atomic E-state index is 11.7. The molecule has 92 valence electrons. The first-order valence-corrected chi connectivity index (χ1v) is 5.54. The number of nitrogens with one attached hydrogen (secondary N) is 1. The van der Waals surface area contributed by atoms with Crippen LogP contribution < -0.4 is 5.32 Å². The third-order valence-corrected chi connectivity index (χ3v) is 2.62. The summed E-state index contributed by atoms with van der Waals surface area (Å²) < 4.78 is 0. The van der Waals surface area contributed by atoms with Crippen LogP contribution in [0.2, 0.25) is 0 Å². The van der Waals surface area contributed by atoms with Gasteiger partial charge in [-0.25, -0.2) is 0 Å². The summed E-state index contributed by atoms with van der Waals surface area (Å²) in [5.41, 5.74) is 0.542. The molecule has 0 heterocycles. The molecule has 2 atom stereocenters.